The number of benzene rings is 2. The maximum absolute atomic E-state index is 12.7. The van der Waals surface area contributed by atoms with Gasteiger partial charge < -0.3 is 5.32 Å². The fraction of sp³-hybridized carbons (Fsp3) is 0.286. The zero-order valence-corrected chi connectivity index (χ0v) is 15.5. The van der Waals surface area contributed by atoms with Crippen LogP contribution in [0.2, 0.25) is 0 Å². The second-order valence-electron chi connectivity index (χ2n) is 6.89. The normalized spacial score (nSPS) is 11.1. The van der Waals surface area contributed by atoms with E-state index < -0.39 is 0 Å². The van der Waals surface area contributed by atoms with Crippen LogP contribution in [0.4, 0.5) is 5.69 Å². The fourth-order valence-electron chi connectivity index (χ4n) is 3.13. The maximum atomic E-state index is 12.7. The minimum Gasteiger partial charge on any atom is -0.324 e. The highest BCUT2D eigenvalue weighted by Crippen LogP contribution is 2.27. The number of carbonyl (C=O) groups excluding carboxylic acids is 1. The number of aryl methyl sites for hydroxylation is 2. The maximum Gasteiger partial charge on any atom is 0.261 e. The zero-order chi connectivity index (χ0) is 18.8. The molecule has 0 bridgehead atoms. The summed E-state index contributed by atoms with van der Waals surface area (Å²) in [4.78, 5) is 29.6. The summed E-state index contributed by atoms with van der Waals surface area (Å²) in [5.41, 5.74) is 4.32. The molecule has 0 radical (unpaired) electrons. The van der Waals surface area contributed by atoms with Gasteiger partial charge in [0.05, 0.1) is 17.2 Å². The van der Waals surface area contributed by atoms with E-state index in [4.69, 9.17) is 0 Å². The Bertz CT molecular complexity index is 1040. The number of hydrogen-bond acceptors (Lipinski definition) is 3. The molecule has 1 heterocycles. The molecule has 2 aromatic carbocycles. The van der Waals surface area contributed by atoms with Crippen LogP contribution in [0.25, 0.3) is 10.9 Å². The molecule has 26 heavy (non-hydrogen) atoms. The summed E-state index contributed by atoms with van der Waals surface area (Å²) in [7, 11) is 0. The van der Waals surface area contributed by atoms with E-state index in [-0.39, 0.29) is 18.0 Å². The van der Waals surface area contributed by atoms with Gasteiger partial charge in [0, 0.05) is 5.69 Å². The lowest BCUT2D eigenvalue weighted by Gasteiger charge is -2.16. The molecule has 0 saturated heterocycles. The van der Waals surface area contributed by atoms with Crippen molar-refractivity contribution in [1.29, 1.82) is 0 Å². The van der Waals surface area contributed by atoms with E-state index in [9.17, 15) is 9.59 Å². The molecule has 1 aromatic heterocycles. The van der Waals surface area contributed by atoms with Gasteiger partial charge in [-0.15, -0.1) is 0 Å². The fourth-order valence-corrected chi connectivity index (χ4v) is 3.13. The van der Waals surface area contributed by atoms with Crippen LogP contribution in [-0.2, 0) is 11.3 Å². The van der Waals surface area contributed by atoms with Crippen molar-refractivity contribution in [2.45, 2.75) is 40.2 Å². The molecule has 0 spiro atoms. The van der Waals surface area contributed by atoms with Crippen molar-refractivity contribution in [1.82, 2.24) is 9.55 Å². The predicted molar refractivity (Wildman–Crippen MR) is 105 cm³/mol. The highest BCUT2D eigenvalue weighted by molar-refractivity contribution is 5.92. The van der Waals surface area contributed by atoms with E-state index in [2.05, 4.69) is 24.1 Å². The highest BCUT2D eigenvalue weighted by Gasteiger charge is 2.14. The molecule has 0 aliphatic rings. The molecule has 0 unspecified atom stereocenters. The summed E-state index contributed by atoms with van der Waals surface area (Å²) >= 11 is 0. The van der Waals surface area contributed by atoms with Crippen molar-refractivity contribution < 1.29 is 4.79 Å². The van der Waals surface area contributed by atoms with Gasteiger partial charge in [0.25, 0.3) is 5.56 Å². The first-order chi connectivity index (χ1) is 12.4. The summed E-state index contributed by atoms with van der Waals surface area (Å²) in [6.07, 6.45) is 1.44. The number of carbonyl (C=O) groups is 1. The number of hydrogen-bond donors (Lipinski definition) is 1. The first kappa shape index (κ1) is 17.9. The number of fused-ring (bicyclic) bond motifs is 1. The lowest BCUT2D eigenvalue weighted by molar-refractivity contribution is -0.116. The lowest BCUT2D eigenvalue weighted by atomic mass is 9.98. The number of aromatic nitrogens is 2. The number of amides is 1. The van der Waals surface area contributed by atoms with Crippen LogP contribution in [0, 0.1) is 13.8 Å². The van der Waals surface area contributed by atoms with Crippen LogP contribution < -0.4 is 10.9 Å². The van der Waals surface area contributed by atoms with Gasteiger partial charge in [0.1, 0.15) is 6.54 Å². The standard InChI is InChI=1S/C21H23N3O2/c1-13(2)16-9-5-8-15(4)20(16)23-18(25)11-24-12-22-19-14(3)7-6-10-17(19)21(24)26/h5-10,12-13H,11H2,1-4H3,(H,23,25). The van der Waals surface area contributed by atoms with E-state index in [1.54, 1.807) is 6.07 Å². The highest BCUT2D eigenvalue weighted by atomic mass is 16.2. The van der Waals surface area contributed by atoms with Crippen LogP contribution in [0.1, 0.15) is 36.5 Å². The summed E-state index contributed by atoms with van der Waals surface area (Å²) < 4.78 is 1.35. The molecule has 0 saturated carbocycles. The molecular formula is C21H23N3O2. The quantitative estimate of drug-likeness (QED) is 0.780. The topological polar surface area (TPSA) is 64.0 Å². The third-order valence-corrected chi connectivity index (χ3v) is 4.56. The molecule has 134 valence electrons. The molecule has 3 aromatic rings. The summed E-state index contributed by atoms with van der Waals surface area (Å²) in [6.45, 7) is 7.99. The van der Waals surface area contributed by atoms with Crippen LogP contribution in [0.15, 0.2) is 47.5 Å². The van der Waals surface area contributed by atoms with Gasteiger partial charge in [-0.25, -0.2) is 4.98 Å². The van der Waals surface area contributed by atoms with Crippen LogP contribution in [0.3, 0.4) is 0 Å². The Balaban J connectivity index is 1.89. The molecule has 5 nitrogen and oxygen atoms in total. The molecular weight excluding hydrogens is 326 g/mol. The van der Waals surface area contributed by atoms with Crippen molar-refractivity contribution in [2.75, 3.05) is 5.32 Å². The Kier molecular flexibility index (Phi) is 4.89. The van der Waals surface area contributed by atoms with Gasteiger partial charge >= 0.3 is 0 Å². The molecule has 1 N–H and O–H groups in total. The summed E-state index contributed by atoms with van der Waals surface area (Å²) in [5, 5.41) is 3.50. The van der Waals surface area contributed by atoms with Gasteiger partial charge in [-0.05, 0) is 42.5 Å². The van der Waals surface area contributed by atoms with Crippen molar-refractivity contribution in [3.8, 4) is 0 Å². The number of nitrogens with one attached hydrogen (secondary N) is 1. The molecule has 0 atom stereocenters. The average Bonchev–Trinajstić information content (AvgIpc) is 2.59. The van der Waals surface area contributed by atoms with Crippen LogP contribution >= 0.6 is 0 Å². The average molecular weight is 349 g/mol. The number of para-hydroxylation sites is 2. The minimum atomic E-state index is -0.239. The Morgan fingerprint density at radius 2 is 1.81 bits per heavy atom. The summed E-state index contributed by atoms with van der Waals surface area (Å²) in [6, 6.07) is 11.4. The van der Waals surface area contributed by atoms with Gasteiger partial charge in [-0.1, -0.05) is 44.2 Å². The van der Waals surface area contributed by atoms with Crippen LogP contribution in [-0.4, -0.2) is 15.5 Å². The Hall–Kier alpha value is -2.95. The lowest BCUT2D eigenvalue weighted by Crippen LogP contribution is -2.28. The smallest absolute Gasteiger partial charge is 0.261 e. The number of rotatable bonds is 4. The second kappa shape index (κ2) is 7.12. The van der Waals surface area contributed by atoms with Crippen molar-refractivity contribution >= 4 is 22.5 Å². The van der Waals surface area contributed by atoms with E-state index in [0.29, 0.717) is 16.8 Å². The second-order valence-corrected chi connectivity index (χ2v) is 6.89. The third kappa shape index (κ3) is 3.38. The van der Waals surface area contributed by atoms with Gasteiger partial charge in [0.2, 0.25) is 5.91 Å². The van der Waals surface area contributed by atoms with E-state index in [1.165, 1.54) is 10.9 Å². The third-order valence-electron chi connectivity index (χ3n) is 4.56. The molecule has 0 aliphatic heterocycles. The minimum absolute atomic E-state index is 0.0679. The first-order valence-corrected chi connectivity index (χ1v) is 8.72. The molecule has 3 rings (SSSR count). The summed E-state index contributed by atoms with van der Waals surface area (Å²) in [5.74, 6) is 0.0512. The molecule has 0 fully saturated rings. The molecule has 1 amide bonds. The van der Waals surface area contributed by atoms with E-state index in [1.807, 2.05) is 44.2 Å². The number of anilines is 1. The van der Waals surface area contributed by atoms with Gasteiger partial charge in [0.15, 0.2) is 0 Å². The van der Waals surface area contributed by atoms with Gasteiger partial charge in [-0.3, -0.25) is 14.2 Å². The zero-order valence-electron chi connectivity index (χ0n) is 15.5. The van der Waals surface area contributed by atoms with Crippen LogP contribution in [0.5, 0.6) is 0 Å². The monoisotopic (exact) mass is 349 g/mol. The van der Waals surface area contributed by atoms with Crippen molar-refractivity contribution in [3.05, 3.63) is 69.8 Å². The number of nitrogens with zero attached hydrogens (tertiary/aromatic N) is 2. The Morgan fingerprint density at radius 3 is 2.54 bits per heavy atom. The van der Waals surface area contributed by atoms with E-state index in [0.717, 1.165) is 22.4 Å². The SMILES string of the molecule is Cc1cccc(C(C)C)c1NC(=O)Cn1cnc2c(C)cccc2c1=O. The van der Waals surface area contributed by atoms with Crippen molar-refractivity contribution in [2.24, 2.45) is 0 Å². The Morgan fingerprint density at radius 1 is 1.12 bits per heavy atom. The molecule has 0 aliphatic carbocycles. The largest absolute Gasteiger partial charge is 0.324 e. The Labute approximate surface area is 152 Å². The first-order valence-electron chi connectivity index (χ1n) is 8.72. The van der Waals surface area contributed by atoms with Gasteiger partial charge in [-0.2, -0.15) is 0 Å². The van der Waals surface area contributed by atoms with Crippen molar-refractivity contribution in [3.63, 3.8) is 0 Å². The molecule has 5 heteroatoms. The predicted octanol–water partition coefficient (Wildman–Crippen LogP) is 3.78. The van der Waals surface area contributed by atoms with E-state index >= 15 is 0 Å².